The second kappa shape index (κ2) is 8.61. The molecule has 0 unspecified atom stereocenters. The van der Waals surface area contributed by atoms with Crippen LogP contribution in [0.1, 0.15) is 5.56 Å². The summed E-state index contributed by atoms with van der Waals surface area (Å²) in [6, 6.07) is 16.1. The van der Waals surface area contributed by atoms with E-state index >= 15 is 0 Å². The van der Waals surface area contributed by atoms with Gasteiger partial charge in [0.05, 0.1) is 13.5 Å². The van der Waals surface area contributed by atoms with Crippen molar-refractivity contribution in [2.24, 2.45) is 0 Å². The summed E-state index contributed by atoms with van der Waals surface area (Å²) in [6.07, 6.45) is 0.0309. The summed E-state index contributed by atoms with van der Waals surface area (Å²) in [7, 11) is 1.54. The zero-order valence-electron chi connectivity index (χ0n) is 14.5. The minimum Gasteiger partial charge on any atom is -0.497 e. The van der Waals surface area contributed by atoms with Gasteiger partial charge in [0.2, 0.25) is 5.89 Å². The Balaban J connectivity index is 1.48. The maximum Gasteiger partial charge on any atom is 0.322 e. The van der Waals surface area contributed by atoms with Crippen molar-refractivity contribution in [1.82, 2.24) is 10.2 Å². The highest BCUT2D eigenvalue weighted by atomic mass is 16.5. The fraction of sp³-hybridized carbons (Fsp3) is 0.158. The van der Waals surface area contributed by atoms with Crippen LogP contribution in [-0.2, 0) is 20.7 Å². The first-order valence-corrected chi connectivity index (χ1v) is 8.11. The van der Waals surface area contributed by atoms with Crippen molar-refractivity contribution < 1.29 is 23.5 Å². The maximum atomic E-state index is 11.9. The lowest BCUT2D eigenvalue weighted by Crippen LogP contribution is -2.21. The number of hydrogen-bond acceptors (Lipinski definition) is 7. The van der Waals surface area contributed by atoms with Gasteiger partial charge < -0.3 is 13.9 Å². The summed E-state index contributed by atoms with van der Waals surface area (Å²) in [5.41, 5.74) is 1.46. The average molecular weight is 367 g/mol. The third kappa shape index (κ3) is 5.15. The molecule has 1 N–H and O–H groups in total. The Morgan fingerprint density at radius 3 is 2.67 bits per heavy atom. The lowest BCUT2D eigenvalue weighted by Gasteiger charge is -2.05. The highest BCUT2D eigenvalue weighted by Gasteiger charge is 2.13. The molecule has 3 rings (SSSR count). The SMILES string of the molecule is COc1cccc(CC(=O)OCC(=O)Nc2nnc(-c3ccccc3)o2)c1. The van der Waals surface area contributed by atoms with Gasteiger partial charge in [0.15, 0.2) is 6.61 Å². The zero-order chi connectivity index (χ0) is 19.1. The number of anilines is 1. The van der Waals surface area contributed by atoms with E-state index in [2.05, 4.69) is 15.5 Å². The number of carbonyl (C=O) groups is 2. The molecule has 0 radical (unpaired) electrons. The second-order valence-electron chi connectivity index (χ2n) is 5.52. The van der Waals surface area contributed by atoms with Gasteiger partial charge in [0.1, 0.15) is 5.75 Å². The van der Waals surface area contributed by atoms with Gasteiger partial charge in [-0.25, -0.2) is 0 Å². The quantitative estimate of drug-likeness (QED) is 0.640. The molecule has 8 nitrogen and oxygen atoms in total. The largest absolute Gasteiger partial charge is 0.497 e. The first-order chi connectivity index (χ1) is 13.1. The monoisotopic (exact) mass is 367 g/mol. The molecule has 0 fully saturated rings. The average Bonchev–Trinajstić information content (AvgIpc) is 3.15. The van der Waals surface area contributed by atoms with Crippen molar-refractivity contribution in [2.45, 2.75) is 6.42 Å². The lowest BCUT2D eigenvalue weighted by atomic mass is 10.1. The van der Waals surface area contributed by atoms with E-state index < -0.39 is 18.5 Å². The molecule has 8 heteroatoms. The minimum atomic E-state index is -0.572. The molecule has 0 aliphatic rings. The lowest BCUT2D eigenvalue weighted by molar-refractivity contribution is -0.146. The Hall–Kier alpha value is -3.68. The van der Waals surface area contributed by atoms with Gasteiger partial charge in [-0.3, -0.25) is 14.9 Å². The number of ether oxygens (including phenoxy) is 2. The normalized spacial score (nSPS) is 10.3. The first-order valence-electron chi connectivity index (χ1n) is 8.11. The third-order valence-corrected chi connectivity index (χ3v) is 3.54. The molecule has 1 aromatic heterocycles. The van der Waals surface area contributed by atoms with Crippen molar-refractivity contribution in [2.75, 3.05) is 19.0 Å². The molecule has 1 heterocycles. The molecule has 0 aliphatic heterocycles. The number of benzene rings is 2. The van der Waals surface area contributed by atoms with Crippen molar-refractivity contribution in [3.8, 4) is 17.2 Å². The van der Waals surface area contributed by atoms with Crippen LogP contribution in [0.5, 0.6) is 5.75 Å². The van der Waals surface area contributed by atoms with E-state index in [0.717, 1.165) is 11.1 Å². The van der Waals surface area contributed by atoms with E-state index in [4.69, 9.17) is 13.9 Å². The predicted molar refractivity (Wildman–Crippen MR) is 96.0 cm³/mol. The molecule has 0 saturated carbocycles. The molecule has 0 aliphatic carbocycles. The minimum absolute atomic E-state index is 0.0309. The maximum absolute atomic E-state index is 11.9. The summed E-state index contributed by atoms with van der Waals surface area (Å²) < 4.78 is 15.4. The van der Waals surface area contributed by atoms with E-state index in [1.807, 2.05) is 18.2 Å². The van der Waals surface area contributed by atoms with Crippen LogP contribution in [0.2, 0.25) is 0 Å². The van der Waals surface area contributed by atoms with Crippen LogP contribution in [0.4, 0.5) is 6.01 Å². The molecule has 3 aromatic rings. The number of amides is 1. The predicted octanol–water partition coefficient (Wildman–Crippen LogP) is 2.47. The second-order valence-corrected chi connectivity index (χ2v) is 5.52. The van der Waals surface area contributed by atoms with Gasteiger partial charge in [0.25, 0.3) is 5.91 Å². The fourth-order valence-corrected chi connectivity index (χ4v) is 2.27. The number of methoxy groups -OCH3 is 1. The fourth-order valence-electron chi connectivity index (χ4n) is 2.27. The Labute approximate surface area is 155 Å². The highest BCUT2D eigenvalue weighted by Crippen LogP contribution is 2.19. The van der Waals surface area contributed by atoms with Crippen molar-refractivity contribution in [3.05, 3.63) is 60.2 Å². The molecule has 0 atom stereocenters. The van der Waals surface area contributed by atoms with Crippen LogP contribution in [0, 0.1) is 0 Å². The van der Waals surface area contributed by atoms with Gasteiger partial charge in [-0.1, -0.05) is 35.4 Å². The molecule has 0 spiro atoms. The molecule has 1 amide bonds. The van der Waals surface area contributed by atoms with E-state index in [-0.39, 0.29) is 18.3 Å². The summed E-state index contributed by atoms with van der Waals surface area (Å²) in [5, 5.41) is 9.99. The third-order valence-electron chi connectivity index (χ3n) is 3.54. The summed E-state index contributed by atoms with van der Waals surface area (Å²) in [5.74, 6) is -0.185. The number of esters is 1. The number of carbonyl (C=O) groups excluding carboxylic acids is 2. The van der Waals surface area contributed by atoms with Gasteiger partial charge in [-0.2, -0.15) is 0 Å². The molecule has 2 aromatic carbocycles. The molecule has 138 valence electrons. The molecular formula is C19H17N3O5. The molecule has 0 bridgehead atoms. The molecule has 27 heavy (non-hydrogen) atoms. The van der Waals surface area contributed by atoms with Crippen LogP contribution >= 0.6 is 0 Å². The van der Waals surface area contributed by atoms with Crippen LogP contribution in [-0.4, -0.2) is 35.8 Å². The summed E-state index contributed by atoms with van der Waals surface area (Å²) >= 11 is 0. The Morgan fingerprint density at radius 1 is 1.07 bits per heavy atom. The zero-order valence-corrected chi connectivity index (χ0v) is 14.5. The number of rotatable bonds is 7. The van der Waals surface area contributed by atoms with E-state index in [9.17, 15) is 9.59 Å². The molecule has 0 saturated heterocycles. The van der Waals surface area contributed by atoms with Crippen molar-refractivity contribution in [3.63, 3.8) is 0 Å². The van der Waals surface area contributed by atoms with Crippen LogP contribution in [0.25, 0.3) is 11.5 Å². The molecular weight excluding hydrogens is 350 g/mol. The Morgan fingerprint density at radius 2 is 1.89 bits per heavy atom. The van der Waals surface area contributed by atoms with Crippen LogP contribution in [0.15, 0.2) is 59.0 Å². The number of aromatic nitrogens is 2. The van der Waals surface area contributed by atoms with Crippen LogP contribution in [0.3, 0.4) is 0 Å². The van der Waals surface area contributed by atoms with Gasteiger partial charge in [-0.15, -0.1) is 5.10 Å². The Bertz CT molecular complexity index is 924. The summed E-state index contributed by atoms with van der Waals surface area (Å²) in [6.45, 7) is -0.453. The topological polar surface area (TPSA) is 104 Å². The Kier molecular flexibility index (Phi) is 5.78. The van der Waals surface area contributed by atoms with Crippen LogP contribution < -0.4 is 10.1 Å². The standard InChI is InChI=1S/C19H17N3O5/c1-25-15-9-5-6-13(10-15)11-17(24)26-12-16(23)20-19-22-21-18(27-19)14-7-3-2-4-8-14/h2-10H,11-12H2,1H3,(H,20,22,23). The van der Waals surface area contributed by atoms with E-state index in [0.29, 0.717) is 5.75 Å². The highest BCUT2D eigenvalue weighted by molar-refractivity contribution is 5.91. The van der Waals surface area contributed by atoms with E-state index in [1.165, 1.54) is 0 Å². The number of hydrogen-bond donors (Lipinski definition) is 1. The van der Waals surface area contributed by atoms with Gasteiger partial charge >= 0.3 is 12.0 Å². The number of nitrogens with zero attached hydrogens (tertiary/aromatic N) is 2. The van der Waals surface area contributed by atoms with E-state index in [1.54, 1.807) is 43.5 Å². The van der Waals surface area contributed by atoms with Crippen molar-refractivity contribution in [1.29, 1.82) is 0 Å². The van der Waals surface area contributed by atoms with Crippen molar-refractivity contribution >= 4 is 17.9 Å². The number of nitrogens with one attached hydrogen (secondary N) is 1. The van der Waals surface area contributed by atoms with Gasteiger partial charge in [-0.05, 0) is 29.8 Å². The first kappa shape index (κ1) is 18.1. The smallest absolute Gasteiger partial charge is 0.322 e. The summed E-state index contributed by atoms with van der Waals surface area (Å²) in [4.78, 5) is 23.7. The van der Waals surface area contributed by atoms with Gasteiger partial charge in [0, 0.05) is 5.56 Å².